The molecule has 26 heavy (non-hydrogen) atoms. The first-order valence-electron chi connectivity index (χ1n) is 8.57. The Morgan fingerprint density at radius 1 is 1.23 bits per heavy atom. The van der Waals surface area contributed by atoms with Crippen LogP contribution in [0.3, 0.4) is 0 Å². The van der Waals surface area contributed by atoms with Gasteiger partial charge in [-0.1, -0.05) is 17.7 Å². The molecular formula is C20H19ClN2O3. The summed E-state index contributed by atoms with van der Waals surface area (Å²) in [5.41, 5.74) is 1.78. The minimum absolute atomic E-state index is 0.00115. The van der Waals surface area contributed by atoms with Crippen molar-refractivity contribution in [1.29, 1.82) is 0 Å². The molecule has 0 aliphatic carbocycles. The summed E-state index contributed by atoms with van der Waals surface area (Å²) in [6, 6.07) is 10.7. The number of fused-ring (bicyclic) bond motifs is 2. The van der Waals surface area contributed by atoms with Gasteiger partial charge in [0.25, 0.3) is 0 Å². The van der Waals surface area contributed by atoms with Gasteiger partial charge in [0.2, 0.25) is 11.3 Å². The molecule has 4 rings (SSSR count). The van der Waals surface area contributed by atoms with Crippen molar-refractivity contribution in [1.82, 2.24) is 4.90 Å². The van der Waals surface area contributed by atoms with Gasteiger partial charge in [0, 0.05) is 38.9 Å². The maximum Gasteiger partial charge on any atom is 0.227 e. The fourth-order valence-corrected chi connectivity index (χ4v) is 3.80. The number of anilines is 1. The lowest BCUT2D eigenvalue weighted by Crippen LogP contribution is -2.31. The third-order valence-electron chi connectivity index (χ3n) is 4.98. The molecule has 6 heteroatoms. The van der Waals surface area contributed by atoms with Gasteiger partial charge in [-0.15, -0.1) is 0 Å². The van der Waals surface area contributed by atoms with E-state index in [1.54, 1.807) is 43.3 Å². The van der Waals surface area contributed by atoms with Crippen LogP contribution in [0.2, 0.25) is 5.02 Å². The number of carbonyl (C=O) groups is 1. The maximum absolute atomic E-state index is 12.7. The average molecular weight is 371 g/mol. The molecule has 1 aliphatic heterocycles. The van der Waals surface area contributed by atoms with E-state index in [0.29, 0.717) is 33.5 Å². The fraction of sp³-hybridized carbons (Fsp3) is 0.300. The molecule has 1 aromatic heterocycles. The molecule has 2 aromatic carbocycles. The molecule has 1 unspecified atom stereocenters. The highest BCUT2D eigenvalue weighted by molar-refractivity contribution is 6.34. The number of halogens is 1. The molecule has 0 N–H and O–H groups in total. The highest BCUT2D eigenvalue weighted by atomic mass is 35.5. The fourth-order valence-electron chi connectivity index (χ4n) is 3.59. The van der Waals surface area contributed by atoms with E-state index >= 15 is 0 Å². The van der Waals surface area contributed by atoms with Crippen molar-refractivity contribution in [3.63, 3.8) is 0 Å². The molecule has 1 atom stereocenters. The van der Waals surface area contributed by atoms with Crippen LogP contribution in [0.5, 0.6) is 0 Å². The smallest absolute Gasteiger partial charge is 0.227 e. The number of hydrogen-bond donors (Lipinski definition) is 0. The summed E-state index contributed by atoms with van der Waals surface area (Å²) >= 11 is 6.19. The molecule has 1 fully saturated rings. The molecule has 5 nitrogen and oxygen atoms in total. The Morgan fingerprint density at radius 2 is 2.04 bits per heavy atom. The number of amides is 1. The van der Waals surface area contributed by atoms with Gasteiger partial charge in [0.15, 0.2) is 5.58 Å². The van der Waals surface area contributed by atoms with Gasteiger partial charge in [0.1, 0.15) is 5.58 Å². The predicted octanol–water partition coefficient (Wildman–Crippen LogP) is 3.51. The summed E-state index contributed by atoms with van der Waals surface area (Å²) < 4.78 is 5.94. The van der Waals surface area contributed by atoms with Crippen molar-refractivity contribution in [2.45, 2.75) is 6.42 Å². The molecule has 1 saturated heterocycles. The molecule has 0 saturated carbocycles. The Balaban J connectivity index is 1.74. The zero-order valence-electron chi connectivity index (χ0n) is 14.7. The summed E-state index contributed by atoms with van der Waals surface area (Å²) in [6.45, 7) is 1.47. The summed E-state index contributed by atoms with van der Waals surface area (Å²) in [4.78, 5) is 28.7. The Hall–Kier alpha value is -2.53. The van der Waals surface area contributed by atoms with Crippen molar-refractivity contribution in [3.8, 4) is 0 Å². The largest absolute Gasteiger partial charge is 0.454 e. The Bertz CT molecular complexity index is 1070. The van der Waals surface area contributed by atoms with E-state index in [4.69, 9.17) is 16.0 Å². The monoisotopic (exact) mass is 370 g/mol. The van der Waals surface area contributed by atoms with Gasteiger partial charge in [0.05, 0.1) is 21.7 Å². The summed E-state index contributed by atoms with van der Waals surface area (Å²) in [5.74, 6) is 0.149. The van der Waals surface area contributed by atoms with E-state index in [1.807, 2.05) is 12.1 Å². The van der Waals surface area contributed by atoms with Crippen molar-refractivity contribution >= 4 is 45.1 Å². The van der Waals surface area contributed by atoms with Gasteiger partial charge in [-0.3, -0.25) is 9.59 Å². The van der Waals surface area contributed by atoms with Crippen molar-refractivity contribution in [3.05, 3.63) is 51.6 Å². The standard InChI is InChI=1S/C20H19ClN2O3/c1-22(2)20(25)12-8-9-23(11-12)13-6-7-14-17(10-13)26-19-15(18(14)24)4-3-5-16(19)21/h3-7,10,12H,8-9,11H2,1-2H3. The lowest BCUT2D eigenvalue weighted by Gasteiger charge is -2.20. The Labute approximate surface area is 155 Å². The molecule has 0 spiro atoms. The Kier molecular flexibility index (Phi) is 4.11. The van der Waals surface area contributed by atoms with Crippen LogP contribution in [-0.4, -0.2) is 38.0 Å². The quantitative estimate of drug-likeness (QED) is 0.648. The van der Waals surface area contributed by atoms with Crippen LogP contribution >= 0.6 is 11.6 Å². The second-order valence-corrected chi connectivity index (χ2v) is 7.30. The number of para-hydroxylation sites is 1. The average Bonchev–Trinajstić information content (AvgIpc) is 3.12. The summed E-state index contributed by atoms with van der Waals surface area (Å²) in [6.07, 6.45) is 0.822. The van der Waals surface area contributed by atoms with E-state index in [9.17, 15) is 9.59 Å². The minimum atomic E-state index is -0.0858. The zero-order chi connectivity index (χ0) is 18.4. The van der Waals surface area contributed by atoms with Crippen LogP contribution in [0.15, 0.2) is 45.6 Å². The van der Waals surface area contributed by atoms with E-state index < -0.39 is 0 Å². The van der Waals surface area contributed by atoms with Gasteiger partial charge in [-0.25, -0.2) is 0 Å². The second kappa shape index (κ2) is 6.32. The number of carbonyl (C=O) groups excluding carboxylic acids is 1. The molecule has 134 valence electrons. The van der Waals surface area contributed by atoms with Gasteiger partial charge >= 0.3 is 0 Å². The van der Waals surface area contributed by atoms with E-state index in [-0.39, 0.29) is 17.3 Å². The van der Waals surface area contributed by atoms with Crippen LogP contribution in [0.25, 0.3) is 21.9 Å². The van der Waals surface area contributed by atoms with E-state index in [1.165, 1.54) is 0 Å². The zero-order valence-corrected chi connectivity index (χ0v) is 15.4. The number of hydrogen-bond acceptors (Lipinski definition) is 4. The first-order chi connectivity index (χ1) is 12.5. The molecule has 0 bridgehead atoms. The van der Waals surface area contributed by atoms with Crippen LogP contribution in [-0.2, 0) is 4.79 Å². The first kappa shape index (κ1) is 16.9. The second-order valence-electron chi connectivity index (χ2n) is 6.89. The molecule has 1 amide bonds. The van der Waals surface area contributed by atoms with Crippen LogP contribution in [0.4, 0.5) is 5.69 Å². The normalized spacial score (nSPS) is 17.2. The highest BCUT2D eigenvalue weighted by Crippen LogP contribution is 2.30. The van der Waals surface area contributed by atoms with Crippen LogP contribution in [0.1, 0.15) is 6.42 Å². The number of benzene rings is 2. The maximum atomic E-state index is 12.7. The van der Waals surface area contributed by atoms with Gasteiger partial charge in [-0.05, 0) is 30.7 Å². The Morgan fingerprint density at radius 3 is 2.81 bits per heavy atom. The van der Waals surface area contributed by atoms with E-state index in [0.717, 1.165) is 18.7 Å². The van der Waals surface area contributed by atoms with Crippen molar-refractivity contribution in [2.75, 3.05) is 32.1 Å². The third kappa shape index (κ3) is 2.72. The third-order valence-corrected chi connectivity index (χ3v) is 5.27. The number of rotatable bonds is 2. The summed E-state index contributed by atoms with van der Waals surface area (Å²) in [7, 11) is 3.56. The lowest BCUT2D eigenvalue weighted by molar-refractivity contribution is -0.132. The van der Waals surface area contributed by atoms with Crippen molar-refractivity contribution < 1.29 is 9.21 Å². The SMILES string of the molecule is CN(C)C(=O)C1CCN(c2ccc3c(=O)c4cccc(Cl)c4oc3c2)C1. The van der Waals surface area contributed by atoms with E-state index in [2.05, 4.69) is 4.90 Å². The van der Waals surface area contributed by atoms with Crippen molar-refractivity contribution in [2.24, 2.45) is 5.92 Å². The topological polar surface area (TPSA) is 53.8 Å². The van der Waals surface area contributed by atoms with Gasteiger partial charge < -0.3 is 14.2 Å². The van der Waals surface area contributed by atoms with Crippen LogP contribution in [0, 0.1) is 5.92 Å². The molecule has 0 radical (unpaired) electrons. The molecule has 3 aromatic rings. The first-order valence-corrected chi connectivity index (χ1v) is 8.94. The number of nitrogens with zero attached hydrogens (tertiary/aromatic N) is 2. The highest BCUT2D eigenvalue weighted by Gasteiger charge is 2.29. The summed E-state index contributed by atoms with van der Waals surface area (Å²) in [5, 5.41) is 1.43. The predicted molar refractivity (Wildman–Crippen MR) is 104 cm³/mol. The van der Waals surface area contributed by atoms with Gasteiger partial charge in [-0.2, -0.15) is 0 Å². The van der Waals surface area contributed by atoms with Crippen LogP contribution < -0.4 is 10.3 Å². The molecular weight excluding hydrogens is 352 g/mol. The lowest BCUT2D eigenvalue weighted by atomic mass is 10.1. The molecule has 2 heterocycles. The minimum Gasteiger partial charge on any atom is -0.454 e. The molecule has 1 aliphatic rings.